The highest BCUT2D eigenvalue weighted by atomic mass is 35.5. The third kappa shape index (κ3) is 1.48. The van der Waals surface area contributed by atoms with Crippen LogP contribution >= 0.6 is 22.9 Å². The van der Waals surface area contributed by atoms with Gasteiger partial charge in [0.05, 0.1) is 5.56 Å². The molecule has 5 heteroatoms. The van der Waals surface area contributed by atoms with Gasteiger partial charge in [-0.1, -0.05) is 17.7 Å². The van der Waals surface area contributed by atoms with Crippen LogP contribution in [0.5, 0.6) is 0 Å². The molecule has 0 N–H and O–H groups in total. The van der Waals surface area contributed by atoms with E-state index in [9.17, 15) is 13.2 Å². The van der Waals surface area contributed by atoms with E-state index in [4.69, 9.17) is 11.6 Å². The predicted octanol–water partition coefficient (Wildman–Crippen LogP) is 4.63. The van der Waals surface area contributed by atoms with Crippen LogP contribution < -0.4 is 0 Å². The van der Waals surface area contributed by atoms with E-state index < -0.39 is 17.1 Å². The Bertz CT molecular complexity index is 478. The van der Waals surface area contributed by atoms with Crippen molar-refractivity contribution in [2.75, 3.05) is 0 Å². The summed E-state index contributed by atoms with van der Waals surface area (Å²) in [4.78, 5) is 0. The first-order chi connectivity index (χ1) is 6.59. The van der Waals surface area contributed by atoms with Crippen LogP contribution in [-0.2, 0) is 0 Å². The van der Waals surface area contributed by atoms with Gasteiger partial charge in [-0.15, -0.1) is 11.3 Å². The van der Waals surface area contributed by atoms with E-state index in [1.54, 1.807) is 0 Å². The fraction of sp³-hybridized carbons (Fsp3) is 0.111. The standard InChI is InChI=1S/C9H4ClF3S/c10-4-1-2-5-6(3-4)14-9(13)7(5)8(11)12/h1-3,8H. The van der Waals surface area contributed by atoms with Crippen LogP contribution in [-0.4, -0.2) is 0 Å². The smallest absolute Gasteiger partial charge is 0.205 e. The van der Waals surface area contributed by atoms with Crippen LogP contribution in [0.25, 0.3) is 10.1 Å². The van der Waals surface area contributed by atoms with Gasteiger partial charge in [0.15, 0.2) is 5.13 Å². The molecule has 0 aliphatic carbocycles. The first kappa shape index (κ1) is 9.80. The van der Waals surface area contributed by atoms with Crippen LogP contribution in [0.1, 0.15) is 12.0 Å². The number of benzene rings is 1. The molecule has 0 unspecified atom stereocenters. The first-order valence-electron chi connectivity index (χ1n) is 3.75. The Kier molecular flexibility index (Phi) is 2.41. The van der Waals surface area contributed by atoms with E-state index >= 15 is 0 Å². The molecular formula is C9H4ClF3S. The van der Waals surface area contributed by atoms with Crippen molar-refractivity contribution in [2.24, 2.45) is 0 Å². The van der Waals surface area contributed by atoms with Gasteiger partial charge in [-0.3, -0.25) is 0 Å². The summed E-state index contributed by atoms with van der Waals surface area (Å²) in [6.45, 7) is 0. The maximum Gasteiger partial charge on any atom is 0.268 e. The topological polar surface area (TPSA) is 0 Å². The van der Waals surface area contributed by atoms with Crippen molar-refractivity contribution in [2.45, 2.75) is 6.43 Å². The van der Waals surface area contributed by atoms with E-state index in [2.05, 4.69) is 0 Å². The molecule has 14 heavy (non-hydrogen) atoms. The van der Waals surface area contributed by atoms with Crippen molar-refractivity contribution < 1.29 is 13.2 Å². The fourth-order valence-corrected chi connectivity index (χ4v) is 2.48. The number of alkyl halides is 2. The molecule has 0 spiro atoms. The number of halogens is 4. The molecule has 2 aromatic rings. The maximum absolute atomic E-state index is 13.1. The second-order valence-corrected chi connectivity index (χ2v) is 4.17. The Morgan fingerprint density at radius 1 is 1.29 bits per heavy atom. The van der Waals surface area contributed by atoms with Crippen LogP contribution in [0, 0.1) is 5.13 Å². The van der Waals surface area contributed by atoms with Crippen molar-refractivity contribution in [3.05, 3.63) is 33.9 Å². The van der Waals surface area contributed by atoms with Crippen molar-refractivity contribution in [3.8, 4) is 0 Å². The summed E-state index contributed by atoms with van der Waals surface area (Å²) >= 11 is 6.35. The van der Waals surface area contributed by atoms with Gasteiger partial charge in [0.1, 0.15) is 0 Å². The lowest BCUT2D eigenvalue weighted by atomic mass is 10.2. The van der Waals surface area contributed by atoms with Gasteiger partial charge in [0, 0.05) is 15.1 Å². The van der Waals surface area contributed by atoms with Gasteiger partial charge in [-0.25, -0.2) is 8.78 Å². The number of rotatable bonds is 1. The van der Waals surface area contributed by atoms with Gasteiger partial charge in [-0.05, 0) is 12.1 Å². The second-order valence-electron chi connectivity index (χ2n) is 2.73. The normalized spacial score (nSPS) is 11.5. The molecule has 2 rings (SSSR count). The zero-order chi connectivity index (χ0) is 10.3. The first-order valence-corrected chi connectivity index (χ1v) is 4.94. The van der Waals surface area contributed by atoms with Crippen molar-refractivity contribution >= 4 is 33.0 Å². The number of hydrogen-bond acceptors (Lipinski definition) is 1. The minimum absolute atomic E-state index is 0.243. The molecule has 0 aliphatic heterocycles. The lowest BCUT2D eigenvalue weighted by Crippen LogP contribution is -1.84. The van der Waals surface area contributed by atoms with Crippen LogP contribution in [0.4, 0.5) is 13.2 Å². The highest BCUT2D eigenvalue weighted by Gasteiger charge is 2.20. The van der Waals surface area contributed by atoms with Gasteiger partial charge in [-0.2, -0.15) is 4.39 Å². The van der Waals surface area contributed by atoms with Crippen molar-refractivity contribution in [1.29, 1.82) is 0 Å². The highest BCUT2D eigenvalue weighted by Crippen LogP contribution is 2.37. The average Bonchev–Trinajstić information content (AvgIpc) is 2.39. The van der Waals surface area contributed by atoms with Gasteiger partial charge in [0.2, 0.25) is 0 Å². The SMILES string of the molecule is Fc1sc2cc(Cl)ccc2c1C(F)F. The van der Waals surface area contributed by atoms with E-state index in [1.807, 2.05) is 0 Å². The highest BCUT2D eigenvalue weighted by molar-refractivity contribution is 7.17. The lowest BCUT2D eigenvalue weighted by Gasteiger charge is -1.96. The molecule has 0 amide bonds. The molecule has 1 heterocycles. The third-order valence-corrected chi connectivity index (χ3v) is 3.06. The Morgan fingerprint density at radius 2 is 2.00 bits per heavy atom. The Hall–Kier alpha value is -0.740. The molecular weight excluding hydrogens is 233 g/mol. The number of hydrogen-bond donors (Lipinski definition) is 0. The molecule has 0 saturated heterocycles. The summed E-state index contributed by atoms with van der Waals surface area (Å²) in [6.07, 6.45) is -2.79. The van der Waals surface area contributed by atoms with Crippen molar-refractivity contribution in [3.63, 3.8) is 0 Å². The molecule has 0 aliphatic rings. The molecule has 1 aromatic heterocycles. The summed E-state index contributed by atoms with van der Waals surface area (Å²) < 4.78 is 38.4. The third-order valence-electron chi connectivity index (χ3n) is 1.86. The van der Waals surface area contributed by atoms with Crippen molar-refractivity contribution in [1.82, 2.24) is 0 Å². The van der Waals surface area contributed by atoms with E-state index in [1.165, 1.54) is 18.2 Å². The summed E-state index contributed by atoms with van der Waals surface area (Å²) in [5, 5.41) is -0.177. The number of thiophene rings is 1. The molecule has 0 radical (unpaired) electrons. The van der Waals surface area contributed by atoms with Crippen LogP contribution in [0.3, 0.4) is 0 Å². The second kappa shape index (κ2) is 3.44. The minimum atomic E-state index is -2.79. The molecule has 0 bridgehead atoms. The Morgan fingerprint density at radius 3 is 2.64 bits per heavy atom. The molecule has 0 saturated carbocycles. The van der Waals surface area contributed by atoms with Crippen LogP contribution in [0.15, 0.2) is 18.2 Å². The zero-order valence-electron chi connectivity index (χ0n) is 6.73. The molecule has 0 atom stereocenters. The summed E-state index contributed by atoms with van der Waals surface area (Å²) in [6, 6.07) is 4.37. The van der Waals surface area contributed by atoms with E-state index in [0.717, 1.165) is 0 Å². The largest absolute Gasteiger partial charge is 0.268 e. The fourth-order valence-electron chi connectivity index (χ4n) is 1.26. The summed E-state index contributed by atoms with van der Waals surface area (Å²) in [5.74, 6) is 0. The monoisotopic (exact) mass is 236 g/mol. The number of fused-ring (bicyclic) bond motifs is 1. The molecule has 74 valence electrons. The Balaban J connectivity index is 2.77. The Labute approximate surface area is 86.9 Å². The molecule has 1 aromatic carbocycles. The van der Waals surface area contributed by atoms with E-state index in [-0.39, 0.29) is 5.39 Å². The summed E-state index contributed by atoms with van der Waals surface area (Å²) in [5.41, 5.74) is -0.526. The predicted molar refractivity (Wildman–Crippen MR) is 51.8 cm³/mol. The minimum Gasteiger partial charge on any atom is -0.205 e. The average molecular weight is 237 g/mol. The van der Waals surface area contributed by atoms with Gasteiger partial charge < -0.3 is 0 Å². The molecule has 0 fully saturated rings. The van der Waals surface area contributed by atoms with Crippen LogP contribution in [0.2, 0.25) is 5.02 Å². The summed E-state index contributed by atoms with van der Waals surface area (Å²) in [7, 11) is 0. The van der Waals surface area contributed by atoms with Gasteiger partial charge >= 0.3 is 0 Å². The van der Waals surface area contributed by atoms with Gasteiger partial charge in [0.25, 0.3) is 6.43 Å². The van der Waals surface area contributed by atoms with E-state index in [0.29, 0.717) is 21.1 Å². The maximum atomic E-state index is 13.1. The lowest BCUT2D eigenvalue weighted by molar-refractivity contribution is 0.149. The quantitative estimate of drug-likeness (QED) is 0.677. The molecule has 0 nitrogen and oxygen atoms in total. The zero-order valence-corrected chi connectivity index (χ0v) is 8.30.